The number of aromatic nitrogens is 2. The maximum absolute atomic E-state index is 5.03. The van der Waals surface area contributed by atoms with Crippen LogP contribution in [0.2, 0.25) is 0 Å². The van der Waals surface area contributed by atoms with Crippen LogP contribution in [-0.4, -0.2) is 36.6 Å². The van der Waals surface area contributed by atoms with Gasteiger partial charge in [0.15, 0.2) is 0 Å². The van der Waals surface area contributed by atoms with Crippen molar-refractivity contribution in [3.63, 3.8) is 0 Å². The molecule has 0 radical (unpaired) electrons. The average Bonchev–Trinajstić information content (AvgIpc) is 2.68. The smallest absolute Gasteiger partial charge is 0.0629 e. The lowest BCUT2D eigenvalue weighted by Crippen LogP contribution is -2.22. The predicted molar refractivity (Wildman–Crippen MR) is 79.8 cm³/mol. The normalized spacial score (nSPS) is 11.5. The number of hydrogen-bond acceptors (Lipinski definition) is 3. The number of rotatable bonds is 9. The van der Waals surface area contributed by atoms with E-state index in [-0.39, 0.29) is 0 Å². The minimum Gasteiger partial charge on any atom is -0.383 e. The van der Waals surface area contributed by atoms with Crippen LogP contribution in [0, 0.1) is 13.8 Å². The van der Waals surface area contributed by atoms with Crippen molar-refractivity contribution in [3.05, 3.63) is 17.0 Å². The Kier molecular flexibility index (Phi) is 7.10. The lowest BCUT2D eigenvalue weighted by atomic mass is 10.1. The number of hydrogen-bond donors (Lipinski definition) is 1. The Morgan fingerprint density at radius 1 is 1.21 bits per heavy atom. The van der Waals surface area contributed by atoms with Gasteiger partial charge in [-0.05, 0) is 45.2 Å². The summed E-state index contributed by atoms with van der Waals surface area (Å²) in [4.78, 5) is 0. The maximum atomic E-state index is 5.03. The van der Waals surface area contributed by atoms with Gasteiger partial charge < -0.3 is 10.1 Å². The van der Waals surface area contributed by atoms with E-state index in [0.29, 0.717) is 6.04 Å². The summed E-state index contributed by atoms with van der Waals surface area (Å²) in [5, 5.41) is 8.13. The van der Waals surface area contributed by atoms with Gasteiger partial charge in [0.25, 0.3) is 0 Å². The maximum Gasteiger partial charge on any atom is 0.0629 e. The molecule has 0 fully saturated rings. The van der Waals surface area contributed by atoms with E-state index >= 15 is 0 Å². The summed E-state index contributed by atoms with van der Waals surface area (Å²) < 4.78 is 7.25. The molecule has 0 saturated carbocycles. The van der Waals surface area contributed by atoms with Crippen molar-refractivity contribution in [1.82, 2.24) is 15.1 Å². The molecule has 1 aromatic rings. The highest BCUT2D eigenvalue weighted by molar-refractivity contribution is 5.25. The van der Waals surface area contributed by atoms with Gasteiger partial charge in [-0.3, -0.25) is 4.68 Å². The minimum atomic E-state index is 0.536. The van der Waals surface area contributed by atoms with E-state index in [9.17, 15) is 0 Å². The van der Waals surface area contributed by atoms with Crippen LogP contribution >= 0.6 is 0 Å². The van der Waals surface area contributed by atoms with Crippen LogP contribution in [0.4, 0.5) is 0 Å². The Bertz CT molecular complexity index is 370. The zero-order valence-electron chi connectivity index (χ0n) is 13.1. The number of methoxy groups -OCH3 is 1. The van der Waals surface area contributed by atoms with E-state index in [0.717, 1.165) is 39.0 Å². The van der Waals surface area contributed by atoms with E-state index in [1.54, 1.807) is 7.11 Å². The van der Waals surface area contributed by atoms with Gasteiger partial charge in [0.05, 0.1) is 18.3 Å². The lowest BCUT2D eigenvalue weighted by molar-refractivity contribution is 0.199. The third kappa shape index (κ3) is 4.32. The summed E-state index contributed by atoms with van der Waals surface area (Å²) in [6, 6.07) is 0.536. The Labute approximate surface area is 117 Å². The molecule has 0 bridgehead atoms. The molecule has 0 aliphatic heterocycles. The highest BCUT2D eigenvalue weighted by Crippen LogP contribution is 2.21. The molecule has 1 heterocycles. The molecule has 0 aromatic carbocycles. The molecule has 0 aliphatic rings. The average molecular weight is 267 g/mol. The Morgan fingerprint density at radius 3 is 2.47 bits per heavy atom. The van der Waals surface area contributed by atoms with Crippen molar-refractivity contribution < 1.29 is 4.74 Å². The Balaban J connectivity index is 2.63. The lowest BCUT2D eigenvalue weighted by Gasteiger charge is -2.15. The van der Waals surface area contributed by atoms with Crippen molar-refractivity contribution in [2.24, 2.45) is 0 Å². The second-order valence-corrected chi connectivity index (χ2v) is 5.06. The molecule has 110 valence electrons. The van der Waals surface area contributed by atoms with Crippen LogP contribution in [0.1, 0.15) is 49.7 Å². The fourth-order valence-corrected chi connectivity index (χ4v) is 2.56. The summed E-state index contributed by atoms with van der Waals surface area (Å²) in [5.41, 5.74) is 3.91. The van der Waals surface area contributed by atoms with Crippen LogP contribution in [-0.2, 0) is 11.2 Å². The first-order valence-corrected chi connectivity index (χ1v) is 7.39. The Morgan fingerprint density at radius 2 is 1.89 bits per heavy atom. The third-order valence-corrected chi connectivity index (χ3v) is 3.80. The van der Waals surface area contributed by atoms with Crippen LogP contribution in [0.25, 0.3) is 0 Å². The summed E-state index contributed by atoms with van der Waals surface area (Å²) in [5.74, 6) is 0. The molecule has 1 N–H and O–H groups in total. The number of ether oxygens (including phenoxy) is 1. The quantitative estimate of drug-likeness (QED) is 0.699. The minimum absolute atomic E-state index is 0.536. The summed E-state index contributed by atoms with van der Waals surface area (Å²) >= 11 is 0. The van der Waals surface area contributed by atoms with Crippen LogP contribution < -0.4 is 5.32 Å². The molecule has 4 heteroatoms. The standard InChI is InChI=1S/C15H29N3O/c1-6-14(7-2)18-13(4)15(12(3)17-18)8-9-16-10-11-19-5/h14,16H,6-11H2,1-5H3. The molecule has 1 rings (SSSR count). The zero-order valence-corrected chi connectivity index (χ0v) is 13.1. The largest absolute Gasteiger partial charge is 0.383 e. The van der Waals surface area contributed by atoms with Gasteiger partial charge in [0, 0.05) is 19.3 Å². The SMILES string of the molecule is CCC(CC)n1nc(C)c(CCNCCOC)c1C. The first-order valence-electron chi connectivity index (χ1n) is 7.39. The topological polar surface area (TPSA) is 39.1 Å². The zero-order chi connectivity index (χ0) is 14.3. The molecule has 0 saturated heterocycles. The second kappa shape index (κ2) is 8.33. The molecule has 1 aromatic heterocycles. The van der Waals surface area contributed by atoms with E-state index in [2.05, 4.69) is 37.7 Å². The first-order chi connectivity index (χ1) is 9.15. The van der Waals surface area contributed by atoms with Crippen molar-refractivity contribution in [2.75, 3.05) is 26.8 Å². The fraction of sp³-hybridized carbons (Fsp3) is 0.800. The van der Waals surface area contributed by atoms with Gasteiger partial charge in [-0.1, -0.05) is 13.8 Å². The van der Waals surface area contributed by atoms with E-state index in [4.69, 9.17) is 9.84 Å². The van der Waals surface area contributed by atoms with Gasteiger partial charge in [-0.15, -0.1) is 0 Å². The third-order valence-electron chi connectivity index (χ3n) is 3.80. The Hall–Kier alpha value is -0.870. The van der Waals surface area contributed by atoms with Crippen molar-refractivity contribution in [3.8, 4) is 0 Å². The van der Waals surface area contributed by atoms with Crippen molar-refractivity contribution in [2.45, 2.75) is 53.0 Å². The van der Waals surface area contributed by atoms with Gasteiger partial charge in [-0.2, -0.15) is 5.10 Å². The van der Waals surface area contributed by atoms with Gasteiger partial charge in [-0.25, -0.2) is 0 Å². The molecule has 4 nitrogen and oxygen atoms in total. The molecular formula is C15H29N3O. The molecule has 0 aliphatic carbocycles. The predicted octanol–water partition coefficient (Wildman–Crippen LogP) is 2.64. The fourth-order valence-electron chi connectivity index (χ4n) is 2.56. The number of aryl methyl sites for hydroxylation is 1. The van der Waals surface area contributed by atoms with Crippen molar-refractivity contribution >= 4 is 0 Å². The van der Waals surface area contributed by atoms with Gasteiger partial charge >= 0.3 is 0 Å². The van der Waals surface area contributed by atoms with Crippen LogP contribution in [0.15, 0.2) is 0 Å². The monoisotopic (exact) mass is 267 g/mol. The highest BCUT2D eigenvalue weighted by Gasteiger charge is 2.15. The second-order valence-electron chi connectivity index (χ2n) is 5.06. The van der Waals surface area contributed by atoms with Crippen LogP contribution in [0.3, 0.4) is 0 Å². The van der Waals surface area contributed by atoms with Crippen LogP contribution in [0.5, 0.6) is 0 Å². The molecule has 0 atom stereocenters. The number of nitrogens with one attached hydrogen (secondary N) is 1. The molecule has 0 spiro atoms. The van der Waals surface area contributed by atoms with E-state index < -0.39 is 0 Å². The molecule has 0 unspecified atom stereocenters. The summed E-state index contributed by atoms with van der Waals surface area (Å²) in [6.45, 7) is 11.5. The summed E-state index contributed by atoms with van der Waals surface area (Å²) in [6.07, 6.45) is 3.33. The van der Waals surface area contributed by atoms with Crippen molar-refractivity contribution in [1.29, 1.82) is 0 Å². The van der Waals surface area contributed by atoms with E-state index in [1.807, 2.05) is 0 Å². The van der Waals surface area contributed by atoms with Gasteiger partial charge in [0.2, 0.25) is 0 Å². The number of nitrogens with zero attached hydrogens (tertiary/aromatic N) is 2. The molecule has 19 heavy (non-hydrogen) atoms. The molecular weight excluding hydrogens is 238 g/mol. The first kappa shape index (κ1) is 16.2. The van der Waals surface area contributed by atoms with Gasteiger partial charge in [0.1, 0.15) is 0 Å². The van der Waals surface area contributed by atoms with E-state index in [1.165, 1.54) is 17.0 Å². The molecule has 0 amide bonds. The highest BCUT2D eigenvalue weighted by atomic mass is 16.5. The summed E-state index contributed by atoms with van der Waals surface area (Å²) in [7, 11) is 1.73.